The number of H-pyrrole nitrogens is 1. The van der Waals surface area contributed by atoms with E-state index in [0.29, 0.717) is 36.5 Å². The van der Waals surface area contributed by atoms with Gasteiger partial charge >= 0.3 is 0 Å². The molecule has 0 spiro atoms. The van der Waals surface area contributed by atoms with Crippen LogP contribution in [0.25, 0.3) is 10.9 Å². The van der Waals surface area contributed by atoms with Crippen LogP contribution in [-0.2, 0) is 4.79 Å². The van der Waals surface area contributed by atoms with E-state index in [0.717, 1.165) is 5.39 Å². The van der Waals surface area contributed by atoms with Crippen LogP contribution in [0.3, 0.4) is 0 Å². The number of nitrogens with zero attached hydrogens (tertiary/aromatic N) is 2. The number of hydrogen-bond acceptors (Lipinski definition) is 4. The lowest BCUT2D eigenvalue weighted by Gasteiger charge is -2.40. The van der Waals surface area contributed by atoms with E-state index in [1.54, 1.807) is 53.1 Å². The fourth-order valence-electron chi connectivity index (χ4n) is 3.97. The second-order valence-electron chi connectivity index (χ2n) is 7.80. The normalized spacial score (nSPS) is 17.4. The van der Waals surface area contributed by atoms with Crippen LogP contribution in [0.1, 0.15) is 24.2 Å². The minimum absolute atomic E-state index is 0.0198. The molecule has 1 aliphatic heterocycles. The summed E-state index contributed by atoms with van der Waals surface area (Å²) in [4.78, 5) is 43.7. The third-order valence-corrected chi connectivity index (χ3v) is 5.60. The number of nitrogens with one attached hydrogen (secondary N) is 1. The number of rotatable bonds is 4. The molecule has 0 radical (unpaired) electrons. The quantitative estimate of drug-likeness (QED) is 0.705. The molecule has 1 N–H and O–H groups in total. The van der Waals surface area contributed by atoms with Gasteiger partial charge in [0.25, 0.3) is 11.8 Å². The minimum Gasteiger partial charge on any atom is -0.480 e. The first kappa shape index (κ1) is 20.7. The van der Waals surface area contributed by atoms with Crippen LogP contribution in [0, 0.1) is 0 Å². The van der Waals surface area contributed by atoms with Gasteiger partial charge in [0.1, 0.15) is 5.75 Å². The van der Waals surface area contributed by atoms with Gasteiger partial charge in [-0.1, -0.05) is 24.3 Å². The van der Waals surface area contributed by atoms with Crippen LogP contribution < -0.4 is 10.3 Å². The molecular formula is C24H25N3O4. The van der Waals surface area contributed by atoms with Crippen LogP contribution in [0.4, 0.5) is 0 Å². The molecule has 3 aromatic rings. The number of piperazine rings is 1. The van der Waals surface area contributed by atoms with Gasteiger partial charge in [-0.25, -0.2) is 0 Å². The van der Waals surface area contributed by atoms with Crippen molar-refractivity contribution in [1.29, 1.82) is 0 Å². The lowest BCUT2D eigenvalue weighted by atomic mass is 10.1. The number of aromatic nitrogens is 1. The number of carbonyl (C=O) groups is 2. The summed E-state index contributed by atoms with van der Waals surface area (Å²) >= 11 is 0. The molecule has 2 heterocycles. The standard InChI is InChI=1S/C24H25N3O4/c1-16-15-26(24(30)18-7-4-3-5-8-18)13-14-27(16)23(29)17(2)31-21-10-6-9-20-19(21)11-12-22(28)25-20/h3-12,16-17H,13-15H2,1-2H3,(H,25,28)/t16-,17+/m1/s1. The average molecular weight is 419 g/mol. The molecule has 1 fully saturated rings. The van der Waals surface area contributed by atoms with E-state index in [2.05, 4.69) is 4.98 Å². The fraction of sp³-hybridized carbons (Fsp3) is 0.292. The molecule has 4 rings (SSSR count). The number of hydrogen-bond donors (Lipinski definition) is 1. The number of benzene rings is 2. The van der Waals surface area contributed by atoms with Crippen molar-refractivity contribution in [3.05, 3.63) is 76.6 Å². The number of amides is 2. The van der Waals surface area contributed by atoms with Crippen molar-refractivity contribution in [3.8, 4) is 5.75 Å². The van der Waals surface area contributed by atoms with Gasteiger partial charge in [0.2, 0.25) is 5.56 Å². The Bertz CT molecular complexity index is 1160. The molecule has 1 saturated heterocycles. The molecule has 0 saturated carbocycles. The predicted molar refractivity (Wildman–Crippen MR) is 118 cm³/mol. The zero-order valence-electron chi connectivity index (χ0n) is 17.6. The average Bonchev–Trinajstić information content (AvgIpc) is 2.78. The minimum atomic E-state index is -0.698. The second kappa shape index (κ2) is 8.63. The van der Waals surface area contributed by atoms with Crippen LogP contribution >= 0.6 is 0 Å². The summed E-state index contributed by atoms with van der Waals surface area (Å²) in [5, 5.41) is 0.744. The summed E-state index contributed by atoms with van der Waals surface area (Å²) in [6.07, 6.45) is -0.698. The molecule has 2 aromatic carbocycles. The maximum Gasteiger partial charge on any atom is 0.263 e. The Labute approximate surface area is 180 Å². The monoisotopic (exact) mass is 419 g/mol. The Hall–Kier alpha value is -3.61. The number of carbonyl (C=O) groups excluding carboxylic acids is 2. The van der Waals surface area contributed by atoms with Crippen molar-refractivity contribution >= 4 is 22.7 Å². The molecule has 0 bridgehead atoms. The topological polar surface area (TPSA) is 82.7 Å². The number of pyridine rings is 1. The highest BCUT2D eigenvalue weighted by Gasteiger charge is 2.33. The van der Waals surface area contributed by atoms with Crippen LogP contribution in [0.5, 0.6) is 5.75 Å². The second-order valence-corrected chi connectivity index (χ2v) is 7.80. The molecule has 2 amide bonds. The van der Waals surface area contributed by atoms with Gasteiger partial charge in [0.15, 0.2) is 6.10 Å². The Morgan fingerprint density at radius 2 is 1.81 bits per heavy atom. The summed E-state index contributed by atoms with van der Waals surface area (Å²) in [7, 11) is 0. The Balaban J connectivity index is 1.43. The Morgan fingerprint density at radius 1 is 1.03 bits per heavy atom. The molecule has 7 nitrogen and oxygen atoms in total. The molecule has 2 atom stereocenters. The van der Waals surface area contributed by atoms with Crippen molar-refractivity contribution in [2.24, 2.45) is 0 Å². The maximum absolute atomic E-state index is 13.1. The van der Waals surface area contributed by atoms with E-state index >= 15 is 0 Å². The van der Waals surface area contributed by atoms with Crippen molar-refractivity contribution in [2.75, 3.05) is 19.6 Å². The van der Waals surface area contributed by atoms with Crippen molar-refractivity contribution in [2.45, 2.75) is 26.0 Å². The van der Waals surface area contributed by atoms with Gasteiger partial charge in [-0.3, -0.25) is 14.4 Å². The fourth-order valence-corrected chi connectivity index (χ4v) is 3.97. The number of aromatic amines is 1. The third kappa shape index (κ3) is 4.30. The van der Waals surface area contributed by atoms with Crippen molar-refractivity contribution in [1.82, 2.24) is 14.8 Å². The largest absolute Gasteiger partial charge is 0.480 e. The SMILES string of the molecule is C[C@H](Oc1cccc2[nH]c(=O)ccc12)C(=O)N1CCN(C(=O)c2ccccc2)C[C@H]1C. The first-order valence-corrected chi connectivity index (χ1v) is 10.4. The summed E-state index contributed by atoms with van der Waals surface area (Å²) in [6.45, 7) is 5.07. The van der Waals surface area contributed by atoms with E-state index < -0.39 is 6.10 Å². The molecule has 0 unspecified atom stereocenters. The molecular weight excluding hydrogens is 394 g/mol. The zero-order chi connectivity index (χ0) is 22.0. The third-order valence-electron chi connectivity index (χ3n) is 5.60. The summed E-state index contributed by atoms with van der Waals surface area (Å²) < 4.78 is 5.98. The number of fused-ring (bicyclic) bond motifs is 1. The zero-order valence-corrected chi connectivity index (χ0v) is 17.6. The number of ether oxygens (including phenoxy) is 1. The molecule has 7 heteroatoms. The Morgan fingerprint density at radius 3 is 2.55 bits per heavy atom. The molecule has 160 valence electrons. The van der Waals surface area contributed by atoms with Gasteiger partial charge in [0.05, 0.1) is 5.52 Å². The summed E-state index contributed by atoms with van der Waals surface area (Å²) in [5.74, 6) is 0.398. The van der Waals surface area contributed by atoms with E-state index in [1.807, 2.05) is 25.1 Å². The van der Waals surface area contributed by atoms with Crippen molar-refractivity contribution in [3.63, 3.8) is 0 Å². The van der Waals surface area contributed by atoms with Gasteiger partial charge < -0.3 is 19.5 Å². The summed E-state index contributed by atoms with van der Waals surface area (Å²) in [5.41, 5.74) is 1.12. The van der Waals surface area contributed by atoms with Crippen LogP contribution in [-0.4, -0.2) is 58.4 Å². The van der Waals surface area contributed by atoms with Crippen LogP contribution in [0.15, 0.2) is 65.5 Å². The predicted octanol–water partition coefficient (Wildman–Crippen LogP) is 2.67. The van der Waals surface area contributed by atoms with Crippen molar-refractivity contribution < 1.29 is 14.3 Å². The molecule has 0 aliphatic carbocycles. The van der Waals surface area contributed by atoms with Crippen LogP contribution in [0.2, 0.25) is 0 Å². The van der Waals surface area contributed by atoms with E-state index in [4.69, 9.17) is 4.74 Å². The van der Waals surface area contributed by atoms with E-state index in [9.17, 15) is 14.4 Å². The first-order chi connectivity index (χ1) is 14.9. The van der Waals surface area contributed by atoms with Gasteiger partial charge in [-0.05, 0) is 44.2 Å². The lowest BCUT2D eigenvalue weighted by Crippen LogP contribution is -2.57. The van der Waals surface area contributed by atoms with E-state index in [-0.39, 0.29) is 23.4 Å². The first-order valence-electron chi connectivity index (χ1n) is 10.4. The lowest BCUT2D eigenvalue weighted by molar-refractivity contribution is -0.142. The molecule has 31 heavy (non-hydrogen) atoms. The van der Waals surface area contributed by atoms with E-state index in [1.165, 1.54) is 6.07 Å². The molecule has 1 aromatic heterocycles. The van der Waals surface area contributed by atoms with Gasteiger partial charge in [-0.15, -0.1) is 0 Å². The highest BCUT2D eigenvalue weighted by atomic mass is 16.5. The Kier molecular flexibility index (Phi) is 5.75. The smallest absolute Gasteiger partial charge is 0.263 e. The highest BCUT2D eigenvalue weighted by molar-refractivity contribution is 5.94. The van der Waals surface area contributed by atoms with Gasteiger partial charge in [0, 0.05) is 42.7 Å². The van der Waals surface area contributed by atoms with Gasteiger partial charge in [-0.2, -0.15) is 0 Å². The molecule has 1 aliphatic rings. The highest BCUT2D eigenvalue weighted by Crippen LogP contribution is 2.25. The maximum atomic E-state index is 13.1. The summed E-state index contributed by atoms with van der Waals surface area (Å²) in [6, 6.07) is 17.5.